The summed E-state index contributed by atoms with van der Waals surface area (Å²) in [5.74, 6) is 3.82. The Labute approximate surface area is 120 Å². The number of aliphatic hydroxyl groups is 1. The quantitative estimate of drug-likeness (QED) is 0.918. The highest BCUT2D eigenvalue weighted by Crippen LogP contribution is 2.43. The van der Waals surface area contributed by atoms with Crippen molar-refractivity contribution >= 4 is 27.7 Å². The standard InChI is InChI=1S/C13H17BrO3S/c1-16-10-4-3-9(13(17-2)11(10)14)12(15)8-5-6-18-7-8/h3-4,8,12,15H,5-7H2,1-2H3. The van der Waals surface area contributed by atoms with Crippen LogP contribution in [0.15, 0.2) is 16.6 Å². The first kappa shape index (κ1) is 14.0. The van der Waals surface area contributed by atoms with Crippen molar-refractivity contribution in [3.05, 3.63) is 22.2 Å². The molecule has 0 saturated carbocycles. The Kier molecular flexibility index (Phi) is 4.81. The summed E-state index contributed by atoms with van der Waals surface area (Å²) in [7, 11) is 3.22. The maximum atomic E-state index is 10.5. The molecule has 1 aromatic rings. The molecular formula is C13H17BrO3S. The van der Waals surface area contributed by atoms with Crippen LogP contribution in [0.2, 0.25) is 0 Å². The minimum Gasteiger partial charge on any atom is -0.495 e. The second-order valence-corrected chi connectivity index (χ2v) is 6.22. The smallest absolute Gasteiger partial charge is 0.142 e. The third-order valence-corrected chi connectivity index (χ3v) is 5.19. The molecule has 18 heavy (non-hydrogen) atoms. The number of ether oxygens (including phenoxy) is 2. The largest absolute Gasteiger partial charge is 0.495 e. The molecule has 1 aliphatic heterocycles. The second kappa shape index (κ2) is 6.17. The number of benzene rings is 1. The fourth-order valence-corrected chi connectivity index (χ4v) is 4.18. The van der Waals surface area contributed by atoms with Crippen molar-refractivity contribution in [2.24, 2.45) is 5.92 Å². The molecule has 2 unspecified atom stereocenters. The fourth-order valence-electron chi connectivity index (χ4n) is 2.21. The minimum atomic E-state index is -0.475. The molecule has 2 rings (SSSR count). The van der Waals surface area contributed by atoms with Crippen molar-refractivity contribution in [1.82, 2.24) is 0 Å². The predicted molar refractivity (Wildman–Crippen MR) is 77.6 cm³/mol. The zero-order chi connectivity index (χ0) is 13.1. The molecule has 0 radical (unpaired) electrons. The average molecular weight is 333 g/mol. The molecule has 1 aromatic carbocycles. The molecule has 100 valence electrons. The maximum Gasteiger partial charge on any atom is 0.142 e. The molecule has 0 amide bonds. The molecule has 2 atom stereocenters. The fraction of sp³-hybridized carbons (Fsp3) is 0.538. The number of thioether (sulfide) groups is 1. The summed E-state index contributed by atoms with van der Waals surface area (Å²) in [5.41, 5.74) is 0.831. The van der Waals surface area contributed by atoms with Crippen molar-refractivity contribution < 1.29 is 14.6 Å². The van der Waals surface area contributed by atoms with E-state index in [9.17, 15) is 5.11 Å². The number of halogens is 1. The lowest BCUT2D eigenvalue weighted by Crippen LogP contribution is -2.13. The number of hydrogen-bond donors (Lipinski definition) is 1. The van der Waals surface area contributed by atoms with E-state index in [4.69, 9.17) is 9.47 Å². The van der Waals surface area contributed by atoms with Crippen molar-refractivity contribution in [1.29, 1.82) is 0 Å². The number of aliphatic hydroxyl groups excluding tert-OH is 1. The van der Waals surface area contributed by atoms with Gasteiger partial charge in [-0.05, 0) is 51.9 Å². The van der Waals surface area contributed by atoms with Gasteiger partial charge in [-0.15, -0.1) is 0 Å². The third-order valence-electron chi connectivity index (χ3n) is 3.25. The summed E-state index contributed by atoms with van der Waals surface area (Å²) in [6.45, 7) is 0. The lowest BCUT2D eigenvalue weighted by molar-refractivity contribution is 0.118. The van der Waals surface area contributed by atoms with Crippen LogP contribution < -0.4 is 9.47 Å². The van der Waals surface area contributed by atoms with Crippen LogP contribution in [0, 0.1) is 5.92 Å². The third kappa shape index (κ3) is 2.63. The van der Waals surface area contributed by atoms with E-state index in [-0.39, 0.29) is 0 Å². The predicted octanol–water partition coefficient (Wildman–Crippen LogP) is 3.25. The van der Waals surface area contributed by atoms with E-state index in [1.807, 2.05) is 23.9 Å². The van der Waals surface area contributed by atoms with Crippen LogP contribution in [0.3, 0.4) is 0 Å². The highest BCUT2D eigenvalue weighted by Gasteiger charge is 2.28. The Morgan fingerprint density at radius 1 is 1.39 bits per heavy atom. The molecule has 3 nitrogen and oxygen atoms in total. The molecule has 0 aliphatic carbocycles. The van der Waals surface area contributed by atoms with E-state index in [0.29, 0.717) is 17.4 Å². The first-order chi connectivity index (χ1) is 8.69. The summed E-state index contributed by atoms with van der Waals surface area (Å²) in [6.07, 6.45) is 0.579. The topological polar surface area (TPSA) is 38.7 Å². The Hall–Kier alpha value is -0.390. The van der Waals surface area contributed by atoms with Gasteiger partial charge in [0.05, 0.1) is 20.3 Å². The maximum absolute atomic E-state index is 10.5. The Morgan fingerprint density at radius 3 is 2.72 bits per heavy atom. The lowest BCUT2D eigenvalue weighted by atomic mass is 9.94. The van der Waals surface area contributed by atoms with Crippen molar-refractivity contribution in [3.8, 4) is 11.5 Å². The number of methoxy groups -OCH3 is 2. The van der Waals surface area contributed by atoms with Crippen LogP contribution >= 0.6 is 27.7 Å². The second-order valence-electron chi connectivity index (χ2n) is 4.27. The van der Waals surface area contributed by atoms with Gasteiger partial charge in [-0.3, -0.25) is 0 Å². The van der Waals surface area contributed by atoms with Gasteiger partial charge in [0.1, 0.15) is 16.0 Å². The normalized spacial score (nSPS) is 20.8. The van der Waals surface area contributed by atoms with E-state index >= 15 is 0 Å². The lowest BCUT2D eigenvalue weighted by Gasteiger charge is -2.21. The van der Waals surface area contributed by atoms with Gasteiger partial charge in [-0.25, -0.2) is 0 Å². The van der Waals surface area contributed by atoms with Crippen LogP contribution in [0.25, 0.3) is 0 Å². The molecular weight excluding hydrogens is 316 g/mol. The van der Waals surface area contributed by atoms with Crippen LogP contribution in [0.5, 0.6) is 11.5 Å². The molecule has 5 heteroatoms. The monoisotopic (exact) mass is 332 g/mol. The van der Waals surface area contributed by atoms with Gasteiger partial charge in [0, 0.05) is 5.56 Å². The van der Waals surface area contributed by atoms with Gasteiger partial charge in [0.25, 0.3) is 0 Å². The molecule has 1 heterocycles. The van der Waals surface area contributed by atoms with Crippen LogP contribution in [0.1, 0.15) is 18.1 Å². The van der Waals surface area contributed by atoms with E-state index < -0.39 is 6.10 Å². The number of rotatable bonds is 4. The highest BCUT2D eigenvalue weighted by atomic mass is 79.9. The Balaban J connectivity index is 2.34. The molecule has 1 fully saturated rings. The van der Waals surface area contributed by atoms with Gasteiger partial charge in [0.15, 0.2) is 0 Å². The molecule has 1 aliphatic rings. The Bertz CT molecular complexity index is 419. The summed E-state index contributed by atoms with van der Waals surface area (Å²) >= 11 is 5.36. The van der Waals surface area contributed by atoms with Gasteiger partial charge < -0.3 is 14.6 Å². The highest BCUT2D eigenvalue weighted by molar-refractivity contribution is 9.10. The average Bonchev–Trinajstić information content (AvgIpc) is 2.91. The number of hydrogen-bond acceptors (Lipinski definition) is 4. The van der Waals surface area contributed by atoms with E-state index in [1.54, 1.807) is 14.2 Å². The van der Waals surface area contributed by atoms with E-state index in [2.05, 4.69) is 15.9 Å². The van der Waals surface area contributed by atoms with E-state index in [1.165, 1.54) is 0 Å². The van der Waals surface area contributed by atoms with Crippen molar-refractivity contribution in [2.45, 2.75) is 12.5 Å². The zero-order valence-electron chi connectivity index (χ0n) is 10.5. The first-order valence-corrected chi connectivity index (χ1v) is 7.80. The van der Waals surface area contributed by atoms with Gasteiger partial charge >= 0.3 is 0 Å². The summed E-state index contributed by atoms with van der Waals surface area (Å²) in [6, 6.07) is 3.74. The zero-order valence-corrected chi connectivity index (χ0v) is 12.9. The molecule has 1 saturated heterocycles. The van der Waals surface area contributed by atoms with E-state index in [0.717, 1.165) is 28.0 Å². The SMILES string of the molecule is COc1ccc(C(O)C2CCSC2)c(OC)c1Br. The summed E-state index contributed by atoms with van der Waals surface area (Å²) < 4.78 is 11.4. The van der Waals surface area contributed by atoms with Crippen LogP contribution in [-0.4, -0.2) is 30.8 Å². The van der Waals surface area contributed by atoms with Crippen LogP contribution in [0.4, 0.5) is 0 Å². The van der Waals surface area contributed by atoms with Crippen molar-refractivity contribution in [2.75, 3.05) is 25.7 Å². The van der Waals surface area contributed by atoms with Crippen LogP contribution in [-0.2, 0) is 0 Å². The molecule has 1 N–H and O–H groups in total. The Morgan fingerprint density at radius 2 is 2.17 bits per heavy atom. The molecule has 0 bridgehead atoms. The molecule has 0 aromatic heterocycles. The van der Waals surface area contributed by atoms with Gasteiger partial charge in [-0.1, -0.05) is 0 Å². The minimum absolute atomic E-state index is 0.309. The summed E-state index contributed by atoms with van der Waals surface area (Å²) in [5, 5.41) is 10.5. The van der Waals surface area contributed by atoms with Gasteiger partial charge in [-0.2, -0.15) is 11.8 Å². The van der Waals surface area contributed by atoms with Crippen molar-refractivity contribution in [3.63, 3.8) is 0 Å². The first-order valence-electron chi connectivity index (χ1n) is 5.85. The van der Waals surface area contributed by atoms with Gasteiger partial charge in [0.2, 0.25) is 0 Å². The molecule has 0 spiro atoms. The summed E-state index contributed by atoms with van der Waals surface area (Å²) in [4.78, 5) is 0.